The van der Waals surface area contributed by atoms with Crippen LogP contribution < -0.4 is 15.0 Å². The summed E-state index contributed by atoms with van der Waals surface area (Å²) in [4.78, 5) is 46.3. The van der Waals surface area contributed by atoms with Crippen LogP contribution in [0.15, 0.2) is 30.5 Å². The van der Waals surface area contributed by atoms with Gasteiger partial charge in [-0.05, 0) is 43.9 Å². The first-order chi connectivity index (χ1) is 17.9. The maximum absolute atomic E-state index is 13.3. The lowest BCUT2D eigenvalue weighted by atomic mass is 9.75. The molecular weight excluding hydrogens is 512 g/mol. The molecule has 1 aromatic carbocycles. The summed E-state index contributed by atoms with van der Waals surface area (Å²) in [5.41, 5.74) is 3.38. The summed E-state index contributed by atoms with van der Waals surface area (Å²) >= 11 is 8.07. The zero-order valence-corrected chi connectivity index (χ0v) is 21.7. The van der Waals surface area contributed by atoms with Crippen molar-refractivity contribution in [2.45, 2.75) is 56.7 Å². The van der Waals surface area contributed by atoms with Gasteiger partial charge in [0.25, 0.3) is 5.91 Å². The minimum absolute atomic E-state index is 0.0108. The number of rotatable bonds is 4. The van der Waals surface area contributed by atoms with E-state index in [1.165, 1.54) is 22.7 Å². The van der Waals surface area contributed by atoms with Crippen LogP contribution in [0.4, 0.5) is 5.69 Å². The summed E-state index contributed by atoms with van der Waals surface area (Å²) in [6.07, 6.45) is 6.71. The molecule has 3 aliphatic heterocycles. The SMILES string of the molecule is O=C1CCC(=O)N1Cc1cc2nccc(-c3cc(Cl)cc4c3N([C@@H]3CNC5(CCC5)C3)C(=O)CO4)c2s1. The van der Waals surface area contributed by atoms with E-state index in [1.54, 1.807) is 12.3 Å². The van der Waals surface area contributed by atoms with Gasteiger partial charge in [0.2, 0.25) is 11.8 Å². The smallest absolute Gasteiger partial charge is 0.265 e. The quantitative estimate of drug-likeness (QED) is 0.501. The number of amides is 3. The first-order valence-electron chi connectivity index (χ1n) is 12.7. The Morgan fingerprint density at radius 3 is 2.65 bits per heavy atom. The monoisotopic (exact) mass is 536 g/mol. The number of aromatic nitrogens is 1. The molecule has 2 saturated heterocycles. The standard InChI is InChI=1S/C27H25ClN4O4S/c28-15-8-19(18-4-7-29-20-10-17(37-26(18)20)13-31-22(33)2-3-23(31)34)25-21(9-15)36-14-24(35)32(25)16-11-27(30-12-16)5-1-6-27/h4,7-10,16,30H,1-3,5-6,11-14H2/t16-/m0/s1. The van der Waals surface area contributed by atoms with Crippen molar-refractivity contribution in [3.63, 3.8) is 0 Å². The number of carbonyl (C=O) groups is 3. The lowest BCUT2D eigenvalue weighted by Gasteiger charge is -2.40. The van der Waals surface area contributed by atoms with Crippen LogP contribution in [0.1, 0.15) is 43.4 Å². The lowest BCUT2D eigenvalue weighted by molar-refractivity contribution is -0.139. The molecule has 3 amide bonds. The first kappa shape index (κ1) is 23.1. The average Bonchev–Trinajstić information content (AvgIpc) is 3.57. The van der Waals surface area contributed by atoms with Gasteiger partial charge in [0.05, 0.1) is 28.5 Å². The van der Waals surface area contributed by atoms with Crippen LogP contribution in [-0.2, 0) is 20.9 Å². The number of benzene rings is 1. The van der Waals surface area contributed by atoms with Crippen molar-refractivity contribution in [3.8, 4) is 16.9 Å². The molecule has 10 heteroatoms. The maximum atomic E-state index is 13.3. The van der Waals surface area contributed by atoms with Crippen molar-refractivity contribution in [3.05, 3.63) is 40.4 Å². The van der Waals surface area contributed by atoms with Gasteiger partial charge in [-0.25, -0.2) is 0 Å². The number of anilines is 1. The Morgan fingerprint density at radius 1 is 1.11 bits per heavy atom. The molecule has 1 N–H and O–H groups in total. The summed E-state index contributed by atoms with van der Waals surface area (Å²) in [5, 5.41) is 4.21. The molecule has 0 radical (unpaired) electrons. The van der Waals surface area contributed by atoms with E-state index in [0.717, 1.165) is 57.7 Å². The van der Waals surface area contributed by atoms with E-state index < -0.39 is 0 Å². The molecule has 3 aromatic rings. The highest BCUT2D eigenvalue weighted by Crippen LogP contribution is 2.49. The molecule has 2 aromatic heterocycles. The van der Waals surface area contributed by atoms with Gasteiger partial charge in [-0.1, -0.05) is 11.6 Å². The molecule has 1 saturated carbocycles. The number of ether oxygens (including phenoxy) is 1. The van der Waals surface area contributed by atoms with Crippen LogP contribution in [0.25, 0.3) is 21.3 Å². The van der Waals surface area contributed by atoms with Gasteiger partial charge in [-0.3, -0.25) is 24.3 Å². The van der Waals surface area contributed by atoms with Gasteiger partial charge in [0.1, 0.15) is 5.75 Å². The van der Waals surface area contributed by atoms with Crippen LogP contribution in [0, 0.1) is 0 Å². The van der Waals surface area contributed by atoms with Gasteiger partial charge in [-0.15, -0.1) is 11.3 Å². The fourth-order valence-electron chi connectivity index (χ4n) is 6.19. The minimum Gasteiger partial charge on any atom is -0.481 e. The Morgan fingerprint density at radius 2 is 1.92 bits per heavy atom. The molecule has 1 atom stereocenters. The van der Waals surface area contributed by atoms with E-state index in [1.807, 2.05) is 23.1 Å². The number of nitrogens with zero attached hydrogens (tertiary/aromatic N) is 3. The fourth-order valence-corrected chi connectivity index (χ4v) is 7.53. The van der Waals surface area contributed by atoms with Gasteiger partial charge in [0.15, 0.2) is 6.61 Å². The summed E-state index contributed by atoms with van der Waals surface area (Å²) < 4.78 is 6.82. The predicted molar refractivity (Wildman–Crippen MR) is 141 cm³/mol. The fraction of sp³-hybridized carbons (Fsp3) is 0.407. The highest BCUT2D eigenvalue weighted by molar-refractivity contribution is 7.19. The Hall–Kier alpha value is -3.01. The molecule has 0 bridgehead atoms. The Kier molecular flexibility index (Phi) is 5.32. The third-order valence-electron chi connectivity index (χ3n) is 8.14. The molecule has 3 fully saturated rings. The summed E-state index contributed by atoms with van der Waals surface area (Å²) in [7, 11) is 0. The van der Waals surface area contributed by atoms with E-state index in [4.69, 9.17) is 16.3 Å². The molecule has 1 spiro atoms. The highest BCUT2D eigenvalue weighted by atomic mass is 35.5. The van der Waals surface area contributed by atoms with E-state index >= 15 is 0 Å². The second-order valence-corrected chi connectivity index (χ2v) is 12.0. The van der Waals surface area contributed by atoms with Crippen molar-refractivity contribution in [1.82, 2.24) is 15.2 Å². The molecule has 4 aliphatic rings. The van der Waals surface area contributed by atoms with E-state index in [0.29, 0.717) is 10.8 Å². The van der Waals surface area contributed by atoms with Gasteiger partial charge < -0.3 is 15.0 Å². The van der Waals surface area contributed by atoms with Gasteiger partial charge in [-0.2, -0.15) is 0 Å². The number of fused-ring (bicyclic) bond motifs is 2. The van der Waals surface area contributed by atoms with Crippen molar-refractivity contribution in [1.29, 1.82) is 0 Å². The minimum atomic E-state index is -0.139. The number of hydrogen-bond donors (Lipinski definition) is 1. The Labute approximate surface area is 222 Å². The zero-order valence-electron chi connectivity index (χ0n) is 20.1. The molecule has 0 unspecified atom stereocenters. The second-order valence-electron chi connectivity index (χ2n) is 10.4. The number of pyridine rings is 1. The van der Waals surface area contributed by atoms with Crippen LogP contribution in [0.5, 0.6) is 5.75 Å². The molecule has 7 rings (SSSR count). The van der Waals surface area contributed by atoms with Crippen LogP contribution in [-0.4, -0.2) is 52.3 Å². The molecule has 5 heterocycles. The number of hydrogen-bond acceptors (Lipinski definition) is 7. The Balaban J connectivity index is 1.33. The van der Waals surface area contributed by atoms with Gasteiger partial charge >= 0.3 is 0 Å². The number of thiophene rings is 1. The summed E-state index contributed by atoms with van der Waals surface area (Å²) in [6.45, 7) is 0.985. The predicted octanol–water partition coefficient (Wildman–Crippen LogP) is 4.28. The number of likely N-dealkylation sites (tertiary alicyclic amines) is 1. The first-order valence-corrected chi connectivity index (χ1v) is 13.8. The largest absolute Gasteiger partial charge is 0.481 e. The zero-order chi connectivity index (χ0) is 25.3. The maximum Gasteiger partial charge on any atom is 0.265 e. The average molecular weight is 537 g/mol. The van der Waals surface area contributed by atoms with Crippen LogP contribution in [0.3, 0.4) is 0 Å². The molecule has 190 valence electrons. The van der Waals surface area contributed by atoms with E-state index in [9.17, 15) is 14.4 Å². The normalized spacial score (nSPS) is 22.6. The van der Waals surface area contributed by atoms with Crippen molar-refractivity contribution >= 4 is 56.6 Å². The molecular formula is C27H25ClN4O4S. The molecule has 1 aliphatic carbocycles. The molecule has 8 nitrogen and oxygen atoms in total. The highest BCUT2D eigenvalue weighted by Gasteiger charge is 2.47. The number of imide groups is 1. The summed E-state index contributed by atoms with van der Waals surface area (Å²) in [5.74, 6) is 0.273. The van der Waals surface area contributed by atoms with E-state index in [-0.39, 0.29) is 55.3 Å². The number of halogens is 1. The van der Waals surface area contributed by atoms with Crippen LogP contribution >= 0.6 is 22.9 Å². The number of nitrogens with one attached hydrogen (secondary N) is 1. The number of carbonyl (C=O) groups excluding carboxylic acids is 3. The van der Waals surface area contributed by atoms with E-state index in [2.05, 4.69) is 10.3 Å². The van der Waals surface area contributed by atoms with Crippen LogP contribution in [0.2, 0.25) is 5.02 Å². The summed E-state index contributed by atoms with van der Waals surface area (Å²) in [6, 6.07) is 7.57. The lowest BCUT2D eigenvalue weighted by Crippen LogP contribution is -2.47. The van der Waals surface area contributed by atoms with Crippen molar-refractivity contribution in [2.24, 2.45) is 0 Å². The third kappa shape index (κ3) is 3.74. The Bertz CT molecular complexity index is 1470. The topological polar surface area (TPSA) is 91.8 Å². The van der Waals surface area contributed by atoms with Crippen molar-refractivity contribution in [2.75, 3.05) is 18.1 Å². The molecule has 37 heavy (non-hydrogen) atoms. The third-order valence-corrected chi connectivity index (χ3v) is 9.50. The second kappa shape index (κ2) is 8.51. The van der Waals surface area contributed by atoms with Crippen molar-refractivity contribution < 1.29 is 19.1 Å². The van der Waals surface area contributed by atoms with Gasteiger partial charge in [0, 0.05) is 58.2 Å².